The smallest absolute Gasteiger partial charge is 0.296 e. The molecule has 0 saturated heterocycles. The van der Waals surface area contributed by atoms with Crippen LogP contribution in [0.2, 0.25) is 0 Å². The second-order valence-electron chi connectivity index (χ2n) is 8.21. The number of aryl methyl sites for hydroxylation is 1. The number of aromatic nitrogens is 4. The summed E-state index contributed by atoms with van der Waals surface area (Å²) in [6.45, 7) is 2.33. The normalized spacial score (nSPS) is 11.2. The average Bonchev–Trinajstić information content (AvgIpc) is 3.31. The van der Waals surface area contributed by atoms with Crippen molar-refractivity contribution in [3.05, 3.63) is 105 Å². The molecule has 0 aliphatic heterocycles. The van der Waals surface area contributed by atoms with Gasteiger partial charge in [0.1, 0.15) is 11.6 Å². The molecule has 0 aliphatic carbocycles. The van der Waals surface area contributed by atoms with Gasteiger partial charge in [0.25, 0.3) is 11.5 Å². The maximum atomic E-state index is 13.8. The molecule has 176 valence electrons. The number of nitrogens with zero attached hydrogens (tertiary/aromatic N) is 4. The zero-order valence-corrected chi connectivity index (χ0v) is 19.2. The van der Waals surface area contributed by atoms with Gasteiger partial charge in [-0.05, 0) is 60.0 Å². The first-order valence-electron chi connectivity index (χ1n) is 11.0. The van der Waals surface area contributed by atoms with Gasteiger partial charge in [-0.25, -0.2) is 8.91 Å². The van der Waals surface area contributed by atoms with Crippen LogP contribution in [0, 0.1) is 12.7 Å². The summed E-state index contributed by atoms with van der Waals surface area (Å²) in [6.07, 6.45) is 0. The van der Waals surface area contributed by atoms with Crippen molar-refractivity contribution in [2.45, 2.75) is 20.0 Å². The molecule has 1 N–H and O–H groups in total. The van der Waals surface area contributed by atoms with Crippen LogP contribution < -0.4 is 15.6 Å². The third-order valence-corrected chi connectivity index (χ3v) is 5.74. The van der Waals surface area contributed by atoms with E-state index in [0.717, 1.165) is 16.9 Å². The summed E-state index contributed by atoms with van der Waals surface area (Å²) < 4.78 is 21.8. The number of hydrogen-bond donors (Lipinski definition) is 1. The first-order valence-corrected chi connectivity index (χ1v) is 11.0. The van der Waals surface area contributed by atoms with Crippen molar-refractivity contribution in [3.8, 4) is 5.75 Å². The van der Waals surface area contributed by atoms with Crippen molar-refractivity contribution in [1.29, 1.82) is 0 Å². The van der Waals surface area contributed by atoms with Crippen molar-refractivity contribution in [2.75, 3.05) is 7.11 Å². The van der Waals surface area contributed by atoms with Crippen LogP contribution in [0.25, 0.3) is 16.7 Å². The van der Waals surface area contributed by atoms with E-state index in [1.807, 2.05) is 37.3 Å². The molecule has 2 aromatic heterocycles. The summed E-state index contributed by atoms with van der Waals surface area (Å²) in [5.74, 6) is -0.268. The number of carbonyl (C=O) groups is 1. The van der Waals surface area contributed by atoms with E-state index in [0.29, 0.717) is 16.6 Å². The lowest BCUT2D eigenvalue weighted by atomic mass is 10.2. The highest BCUT2D eigenvalue weighted by atomic mass is 19.1. The van der Waals surface area contributed by atoms with Crippen molar-refractivity contribution in [3.63, 3.8) is 0 Å². The molecule has 0 spiro atoms. The summed E-state index contributed by atoms with van der Waals surface area (Å²) in [6, 6.07) is 19.0. The number of amides is 1. The summed E-state index contributed by atoms with van der Waals surface area (Å²) >= 11 is 0. The van der Waals surface area contributed by atoms with E-state index in [-0.39, 0.29) is 30.4 Å². The lowest BCUT2D eigenvalue weighted by molar-refractivity contribution is 0.0941. The third kappa shape index (κ3) is 4.35. The minimum atomic E-state index is -0.499. The molecule has 0 unspecified atom stereocenters. The minimum absolute atomic E-state index is 0.0207. The van der Waals surface area contributed by atoms with Crippen LogP contribution in [0.15, 0.2) is 71.5 Å². The molecule has 0 fully saturated rings. The molecule has 9 heteroatoms. The Labute approximate surface area is 199 Å². The van der Waals surface area contributed by atoms with Crippen LogP contribution >= 0.6 is 0 Å². The SMILES string of the molecule is COc1ccc(CNC(=O)c2nc3c(=O)n(Cc4cccc(F)c4)c4cc(C)ccc4n3n2)cc1. The highest BCUT2D eigenvalue weighted by Crippen LogP contribution is 2.18. The van der Waals surface area contributed by atoms with E-state index in [1.54, 1.807) is 31.4 Å². The molecular formula is C26H22FN5O3. The number of methoxy groups -OCH3 is 1. The first kappa shape index (κ1) is 22.3. The number of rotatable bonds is 6. The molecule has 3 aromatic carbocycles. The minimum Gasteiger partial charge on any atom is -0.497 e. The highest BCUT2D eigenvalue weighted by molar-refractivity contribution is 5.91. The second kappa shape index (κ2) is 9.02. The number of fused-ring (bicyclic) bond motifs is 3. The van der Waals surface area contributed by atoms with Gasteiger partial charge in [0.2, 0.25) is 11.5 Å². The summed E-state index contributed by atoms with van der Waals surface area (Å²) in [5, 5.41) is 7.12. The van der Waals surface area contributed by atoms with Crippen LogP contribution in [-0.2, 0) is 13.1 Å². The monoisotopic (exact) mass is 471 g/mol. The Kier molecular flexibility index (Phi) is 5.74. The van der Waals surface area contributed by atoms with Crippen molar-refractivity contribution in [1.82, 2.24) is 24.5 Å². The summed E-state index contributed by atoms with van der Waals surface area (Å²) in [7, 11) is 1.59. The second-order valence-corrected chi connectivity index (χ2v) is 8.21. The van der Waals surface area contributed by atoms with E-state index in [4.69, 9.17) is 4.74 Å². The Hall–Kier alpha value is -4.53. The molecule has 0 radical (unpaired) electrons. The van der Waals surface area contributed by atoms with Crippen molar-refractivity contribution < 1.29 is 13.9 Å². The van der Waals surface area contributed by atoms with Gasteiger partial charge in [0, 0.05) is 6.54 Å². The molecule has 8 nitrogen and oxygen atoms in total. The van der Waals surface area contributed by atoms with Crippen molar-refractivity contribution in [2.24, 2.45) is 0 Å². The number of ether oxygens (including phenoxy) is 1. The number of benzene rings is 3. The summed E-state index contributed by atoms with van der Waals surface area (Å²) in [4.78, 5) is 30.5. The third-order valence-electron chi connectivity index (χ3n) is 5.74. The molecule has 0 saturated carbocycles. The molecule has 0 aliphatic rings. The largest absolute Gasteiger partial charge is 0.497 e. The Morgan fingerprint density at radius 1 is 1.03 bits per heavy atom. The Morgan fingerprint density at radius 2 is 1.83 bits per heavy atom. The first-order chi connectivity index (χ1) is 16.9. The van der Waals surface area contributed by atoms with Gasteiger partial charge in [-0.1, -0.05) is 30.3 Å². The molecule has 0 bridgehead atoms. The van der Waals surface area contributed by atoms with Gasteiger partial charge in [-0.3, -0.25) is 14.2 Å². The van der Waals surface area contributed by atoms with E-state index in [2.05, 4.69) is 15.4 Å². The van der Waals surface area contributed by atoms with Crippen LogP contribution in [0.5, 0.6) is 5.75 Å². The fourth-order valence-corrected chi connectivity index (χ4v) is 3.95. The zero-order valence-electron chi connectivity index (χ0n) is 19.2. The summed E-state index contributed by atoms with van der Waals surface area (Å²) in [5.41, 5.74) is 3.28. The van der Waals surface area contributed by atoms with Gasteiger partial charge in [0.15, 0.2) is 0 Å². The lowest BCUT2D eigenvalue weighted by Crippen LogP contribution is -2.24. The van der Waals surface area contributed by atoms with E-state index < -0.39 is 11.5 Å². The topological polar surface area (TPSA) is 90.5 Å². The van der Waals surface area contributed by atoms with E-state index in [9.17, 15) is 14.0 Å². The molecule has 0 atom stereocenters. The van der Waals surface area contributed by atoms with Gasteiger partial charge >= 0.3 is 0 Å². The molecular weight excluding hydrogens is 449 g/mol. The van der Waals surface area contributed by atoms with Crippen LogP contribution in [0.4, 0.5) is 4.39 Å². The van der Waals surface area contributed by atoms with Gasteiger partial charge < -0.3 is 10.1 Å². The highest BCUT2D eigenvalue weighted by Gasteiger charge is 2.19. The molecule has 35 heavy (non-hydrogen) atoms. The Morgan fingerprint density at radius 3 is 2.57 bits per heavy atom. The van der Waals surface area contributed by atoms with E-state index >= 15 is 0 Å². The molecule has 5 aromatic rings. The Balaban J connectivity index is 1.53. The number of nitrogens with one attached hydrogen (secondary N) is 1. The van der Waals surface area contributed by atoms with Crippen molar-refractivity contribution >= 4 is 22.6 Å². The lowest BCUT2D eigenvalue weighted by Gasteiger charge is -2.12. The predicted molar refractivity (Wildman–Crippen MR) is 129 cm³/mol. The Bertz CT molecular complexity index is 1620. The molecule has 5 rings (SSSR count). The molecule has 1 amide bonds. The number of carbonyl (C=O) groups excluding carboxylic acids is 1. The standard InChI is InChI=1S/C26H22FN5O3/c1-16-6-11-21-22(12-16)31(15-18-4-3-5-19(27)13-18)26(34)24-29-23(30-32(21)24)25(33)28-14-17-7-9-20(35-2)10-8-17/h3-13H,14-15H2,1-2H3,(H,28,33). The van der Waals surface area contributed by atoms with Crippen LogP contribution in [-0.4, -0.2) is 32.2 Å². The fraction of sp³-hybridized carbons (Fsp3) is 0.154. The van der Waals surface area contributed by atoms with Gasteiger partial charge in [0.05, 0.1) is 24.7 Å². The quantitative estimate of drug-likeness (QED) is 0.410. The average molecular weight is 471 g/mol. The van der Waals surface area contributed by atoms with Crippen LogP contribution in [0.3, 0.4) is 0 Å². The van der Waals surface area contributed by atoms with E-state index in [1.165, 1.54) is 21.2 Å². The zero-order chi connectivity index (χ0) is 24.5. The number of halogens is 1. The van der Waals surface area contributed by atoms with Gasteiger partial charge in [-0.2, -0.15) is 4.98 Å². The predicted octanol–water partition coefficient (Wildman–Crippen LogP) is 3.48. The number of hydrogen-bond acceptors (Lipinski definition) is 5. The maximum absolute atomic E-state index is 13.8. The van der Waals surface area contributed by atoms with Crippen LogP contribution in [0.1, 0.15) is 27.3 Å². The maximum Gasteiger partial charge on any atom is 0.296 e. The molecule has 2 heterocycles. The fourth-order valence-electron chi connectivity index (χ4n) is 3.95. The van der Waals surface area contributed by atoms with Gasteiger partial charge in [-0.15, -0.1) is 5.10 Å².